The van der Waals surface area contributed by atoms with Crippen LogP contribution >= 0.6 is 23.2 Å². The summed E-state index contributed by atoms with van der Waals surface area (Å²) >= 11 is 11.5. The van der Waals surface area contributed by atoms with Gasteiger partial charge in [0.15, 0.2) is 11.6 Å². The number of aliphatic hydroxyl groups excluding tert-OH is 1. The first-order chi connectivity index (χ1) is 9.22. The second kappa shape index (κ2) is 5.47. The fourth-order valence-electron chi connectivity index (χ4n) is 1.89. The Kier molecular flexibility index (Phi) is 4.23. The van der Waals surface area contributed by atoms with Crippen molar-refractivity contribution in [3.63, 3.8) is 0 Å². The lowest BCUT2D eigenvalue weighted by Gasteiger charge is -2.21. The molecule has 3 unspecified atom stereocenters. The molecule has 1 aliphatic carbocycles. The summed E-state index contributed by atoms with van der Waals surface area (Å²) in [5.41, 5.74) is 0.176. The van der Waals surface area contributed by atoms with Crippen LogP contribution in [0.5, 0.6) is 0 Å². The Morgan fingerprint density at radius 2 is 2.05 bits per heavy atom. The number of rotatable bonds is 4. The van der Waals surface area contributed by atoms with Crippen molar-refractivity contribution >= 4 is 29.1 Å². The molecule has 2 rings (SSSR count). The summed E-state index contributed by atoms with van der Waals surface area (Å²) in [7, 11) is 0. The van der Waals surface area contributed by atoms with E-state index in [-0.39, 0.29) is 11.5 Å². The number of alkyl halides is 2. The highest BCUT2D eigenvalue weighted by atomic mass is 35.5. The third-order valence-corrected chi connectivity index (χ3v) is 4.11. The predicted molar refractivity (Wildman–Crippen MR) is 71.5 cm³/mol. The maximum absolute atomic E-state index is 13.1. The van der Waals surface area contributed by atoms with Gasteiger partial charge in [0.05, 0.1) is 18.1 Å². The minimum Gasteiger partial charge on any atom is -0.386 e. The second-order valence-electron chi connectivity index (χ2n) is 4.93. The Morgan fingerprint density at radius 3 is 2.55 bits per heavy atom. The van der Waals surface area contributed by atoms with Crippen LogP contribution in [0.4, 0.5) is 8.78 Å². The molecule has 0 spiro atoms. The molecule has 1 aliphatic rings. The van der Waals surface area contributed by atoms with Crippen molar-refractivity contribution in [3.8, 4) is 0 Å². The summed E-state index contributed by atoms with van der Waals surface area (Å²) in [5.74, 6) is -2.93. The lowest BCUT2D eigenvalue weighted by atomic mass is 10.0. The van der Waals surface area contributed by atoms with Crippen LogP contribution in [-0.2, 0) is 4.79 Å². The van der Waals surface area contributed by atoms with E-state index >= 15 is 0 Å². The third kappa shape index (κ3) is 3.22. The molecule has 1 aromatic rings. The largest absolute Gasteiger partial charge is 0.386 e. The van der Waals surface area contributed by atoms with E-state index in [1.807, 2.05) is 0 Å². The molecule has 0 radical (unpaired) electrons. The number of benzene rings is 1. The molecular formula is C13H13Cl2F2NO2. The van der Waals surface area contributed by atoms with E-state index in [1.54, 1.807) is 6.92 Å². The summed E-state index contributed by atoms with van der Waals surface area (Å²) in [6.07, 6.45) is -0.802. The average molecular weight is 324 g/mol. The Labute approximate surface area is 124 Å². The molecule has 1 aromatic carbocycles. The number of nitrogens with one attached hydrogen (secondary N) is 1. The number of carbonyl (C=O) groups is 1. The molecule has 2 N–H and O–H groups in total. The minimum absolute atomic E-state index is 0.176. The molecule has 3 nitrogen and oxygen atoms in total. The van der Waals surface area contributed by atoms with E-state index in [0.717, 1.165) is 12.1 Å². The number of hydrogen-bond donors (Lipinski definition) is 2. The molecule has 1 saturated carbocycles. The van der Waals surface area contributed by atoms with Crippen molar-refractivity contribution in [2.75, 3.05) is 0 Å². The molecule has 0 aromatic heterocycles. The van der Waals surface area contributed by atoms with Crippen molar-refractivity contribution in [2.45, 2.75) is 29.8 Å². The monoisotopic (exact) mass is 323 g/mol. The van der Waals surface area contributed by atoms with Gasteiger partial charge < -0.3 is 10.4 Å². The molecule has 1 amide bonds. The van der Waals surface area contributed by atoms with E-state index in [0.29, 0.717) is 6.42 Å². The lowest BCUT2D eigenvalue weighted by Crippen LogP contribution is -2.38. The Hall–Kier alpha value is -0.910. The molecule has 20 heavy (non-hydrogen) atoms. The molecule has 0 saturated heterocycles. The number of hydrogen-bond acceptors (Lipinski definition) is 2. The Bertz CT molecular complexity index is 539. The Balaban J connectivity index is 1.99. The van der Waals surface area contributed by atoms with Gasteiger partial charge in [-0.15, -0.1) is 23.2 Å². The van der Waals surface area contributed by atoms with Gasteiger partial charge in [-0.2, -0.15) is 0 Å². The van der Waals surface area contributed by atoms with Crippen molar-refractivity contribution in [2.24, 2.45) is 5.92 Å². The van der Waals surface area contributed by atoms with Gasteiger partial charge >= 0.3 is 0 Å². The summed E-state index contributed by atoms with van der Waals surface area (Å²) in [6, 6.07) is 2.40. The van der Waals surface area contributed by atoms with Gasteiger partial charge in [0.2, 0.25) is 5.91 Å². The SMILES string of the molecule is CC(NC(=O)C1CC1(Cl)Cl)C(O)c1ccc(F)c(F)c1. The van der Waals surface area contributed by atoms with Gasteiger partial charge in [0.25, 0.3) is 0 Å². The second-order valence-corrected chi connectivity index (χ2v) is 6.48. The van der Waals surface area contributed by atoms with E-state index in [2.05, 4.69) is 5.32 Å². The molecule has 0 bridgehead atoms. The summed E-state index contributed by atoms with van der Waals surface area (Å²) in [4.78, 5) is 11.8. The highest BCUT2D eigenvalue weighted by Crippen LogP contribution is 2.53. The molecule has 0 heterocycles. The number of amides is 1. The molecule has 7 heteroatoms. The average Bonchev–Trinajstić information content (AvgIpc) is 3.01. The number of aliphatic hydroxyl groups is 1. The van der Waals surface area contributed by atoms with Gasteiger partial charge in [-0.05, 0) is 31.0 Å². The van der Waals surface area contributed by atoms with Crippen molar-refractivity contribution in [1.29, 1.82) is 0 Å². The van der Waals surface area contributed by atoms with Crippen LogP contribution in [0.25, 0.3) is 0 Å². The van der Waals surface area contributed by atoms with Crippen LogP contribution in [0.3, 0.4) is 0 Å². The topological polar surface area (TPSA) is 49.3 Å². The molecule has 0 aliphatic heterocycles. The van der Waals surface area contributed by atoms with E-state index in [9.17, 15) is 18.7 Å². The maximum Gasteiger partial charge on any atom is 0.226 e. The Morgan fingerprint density at radius 1 is 1.45 bits per heavy atom. The molecular weight excluding hydrogens is 311 g/mol. The number of carbonyl (C=O) groups excluding carboxylic acids is 1. The summed E-state index contributed by atoms with van der Waals surface area (Å²) in [5, 5.41) is 12.6. The van der Waals surface area contributed by atoms with E-state index in [4.69, 9.17) is 23.2 Å². The fourth-order valence-corrected chi connectivity index (χ4v) is 2.39. The summed E-state index contributed by atoms with van der Waals surface area (Å²) in [6.45, 7) is 1.55. The van der Waals surface area contributed by atoms with Crippen LogP contribution in [0.1, 0.15) is 25.0 Å². The first-order valence-corrected chi connectivity index (χ1v) is 6.79. The lowest BCUT2D eigenvalue weighted by molar-refractivity contribution is -0.123. The van der Waals surface area contributed by atoms with Crippen molar-refractivity contribution in [1.82, 2.24) is 5.32 Å². The van der Waals surface area contributed by atoms with Crippen LogP contribution in [0, 0.1) is 17.6 Å². The van der Waals surface area contributed by atoms with E-state index < -0.39 is 34.0 Å². The van der Waals surface area contributed by atoms with E-state index in [1.165, 1.54) is 6.07 Å². The highest BCUT2D eigenvalue weighted by molar-refractivity contribution is 6.52. The highest BCUT2D eigenvalue weighted by Gasteiger charge is 2.56. The van der Waals surface area contributed by atoms with Crippen LogP contribution < -0.4 is 5.32 Å². The first-order valence-electron chi connectivity index (χ1n) is 6.03. The van der Waals surface area contributed by atoms with Crippen LogP contribution in [-0.4, -0.2) is 21.4 Å². The summed E-state index contributed by atoms with van der Waals surface area (Å²) < 4.78 is 24.9. The zero-order chi connectivity index (χ0) is 15.1. The third-order valence-electron chi connectivity index (χ3n) is 3.27. The maximum atomic E-state index is 13.1. The fraction of sp³-hybridized carbons (Fsp3) is 0.462. The van der Waals surface area contributed by atoms with Gasteiger partial charge in [0, 0.05) is 0 Å². The minimum atomic E-state index is -1.16. The normalized spacial score (nSPS) is 23.0. The smallest absolute Gasteiger partial charge is 0.226 e. The first kappa shape index (κ1) is 15.5. The van der Waals surface area contributed by atoms with Gasteiger partial charge in [0.1, 0.15) is 4.33 Å². The van der Waals surface area contributed by atoms with Crippen LogP contribution in [0.15, 0.2) is 18.2 Å². The zero-order valence-electron chi connectivity index (χ0n) is 10.5. The molecule has 3 atom stereocenters. The quantitative estimate of drug-likeness (QED) is 0.837. The predicted octanol–water partition coefficient (Wildman–Crippen LogP) is 2.70. The van der Waals surface area contributed by atoms with Crippen molar-refractivity contribution in [3.05, 3.63) is 35.4 Å². The van der Waals surface area contributed by atoms with Crippen LogP contribution in [0.2, 0.25) is 0 Å². The zero-order valence-corrected chi connectivity index (χ0v) is 12.1. The van der Waals surface area contributed by atoms with Gasteiger partial charge in [-0.1, -0.05) is 6.07 Å². The van der Waals surface area contributed by atoms with Gasteiger partial charge in [-0.25, -0.2) is 8.78 Å². The van der Waals surface area contributed by atoms with Crippen molar-refractivity contribution < 1.29 is 18.7 Å². The molecule has 1 fully saturated rings. The van der Waals surface area contributed by atoms with Gasteiger partial charge in [-0.3, -0.25) is 4.79 Å². The molecule has 110 valence electrons. The standard InChI is InChI=1S/C13H13Cl2F2NO2/c1-6(18-12(20)8-5-13(8,14)15)11(19)7-2-3-9(16)10(17)4-7/h2-4,6,8,11,19H,5H2,1H3,(H,18,20). The number of halogens is 4.